The van der Waals surface area contributed by atoms with Crippen molar-refractivity contribution < 1.29 is 9.59 Å². The lowest BCUT2D eigenvalue weighted by atomic mass is 10.1. The summed E-state index contributed by atoms with van der Waals surface area (Å²) in [4.78, 5) is 33.2. The van der Waals surface area contributed by atoms with Crippen molar-refractivity contribution in [3.05, 3.63) is 89.5 Å². The number of nitrogens with zero attached hydrogens (tertiary/aromatic N) is 4. The molecule has 7 nitrogen and oxygen atoms in total. The molecule has 1 aliphatic rings. The number of carbonyl (C=O) groups excluding carboxylic acids is 2. The molecule has 2 heterocycles. The molecule has 0 saturated carbocycles. The highest BCUT2D eigenvalue weighted by molar-refractivity contribution is 5.95. The van der Waals surface area contributed by atoms with Gasteiger partial charge in [-0.25, -0.2) is 4.98 Å². The van der Waals surface area contributed by atoms with Gasteiger partial charge in [0.2, 0.25) is 0 Å². The van der Waals surface area contributed by atoms with E-state index in [2.05, 4.69) is 22.2 Å². The van der Waals surface area contributed by atoms with Crippen LogP contribution in [0.25, 0.3) is 0 Å². The van der Waals surface area contributed by atoms with Gasteiger partial charge in [0.05, 0.1) is 6.33 Å². The molecule has 0 unspecified atom stereocenters. The molecule has 0 bridgehead atoms. The Labute approximate surface area is 182 Å². The molecule has 0 spiro atoms. The molecular weight excluding hydrogens is 390 g/mol. The Hall–Kier alpha value is -3.45. The first kappa shape index (κ1) is 20.8. The van der Waals surface area contributed by atoms with Gasteiger partial charge >= 0.3 is 0 Å². The molecule has 1 fully saturated rings. The van der Waals surface area contributed by atoms with Crippen molar-refractivity contribution >= 4 is 11.8 Å². The maximum atomic E-state index is 12.6. The third kappa shape index (κ3) is 5.38. The van der Waals surface area contributed by atoms with Crippen molar-refractivity contribution in [3.63, 3.8) is 0 Å². The molecule has 0 radical (unpaired) electrons. The van der Waals surface area contributed by atoms with Crippen LogP contribution in [-0.4, -0.2) is 64.4 Å². The number of hydrogen-bond donors (Lipinski definition) is 1. The zero-order chi connectivity index (χ0) is 21.6. The zero-order valence-corrected chi connectivity index (χ0v) is 17.7. The molecule has 1 aromatic heterocycles. The van der Waals surface area contributed by atoms with Crippen molar-refractivity contribution in [1.29, 1.82) is 0 Å². The van der Waals surface area contributed by atoms with Crippen molar-refractivity contribution in [3.8, 4) is 0 Å². The standard InChI is InChI=1S/C24H27N5O2/c1-27-12-14-29(15-13-27)24(31)22-8-2-19(3-9-22)16-26-23(30)21-6-4-20(5-7-21)17-28-11-10-25-18-28/h2-11,18H,12-17H2,1H3,(H,26,30). The minimum Gasteiger partial charge on any atom is -0.348 e. The number of amides is 2. The Balaban J connectivity index is 1.28. The van der Waals surface area contributed by atoms with Gasteiger partial charge in [0.25, 0.3) is 11.8 Å². The van der Waals surface area contributed by atoms with Crippen molar-refractivity contribution in [2.24, 2.45) is 0 Å². The highest BCUT2D eigenvalue weighted by Gasteiger charge is 2.20. The second-order valence-corrected chi connectivity index (χ2v) is 7.91. The number of hydrogen-bond acceptors (Lipinski definition) is 4. The second kappa shape index (κ2) is 9.57. The van der Waals surface area contributed by atoms with Crippen LogP contribution in [-0.2, 0) is 13.1 Å². The number of likely N-dealkylation sites (N-methyl/N-ethyl adjacent to an activating group) is 1. The second-order valence-electron chi connectivity index (χ2n) is 7.91. The monoisotopic (exact) mass is 417 g/mol. The fraction of sp³-hybridized carbons (Fsp3) is 0.292. The Kier molecular flexibility index (Phi) is 6.43. The van der Waals surface area contributed by atoms with Crippen molar-refractivity contribution in [2.45, 2.75) is 13.1 Å². The third-order valence-corrected chi connectivity index (χ3v) is 5.58. The number of rotatable bonds is 6. The Morgan fingerprint density at radius 3 is 2.19 bits per heavy atom. The molecule has 2 amide bonds. The summed E-state index contributed by atoms with van der Waals surface area (Å²) in [6.45, 7) is 4.46. The van der Waals surface area contributed by atoms with Crippen LogP contribution in [0.2, 0.25) is 0 Å². The highest BCUT2D eigenvalue weighted by atomic mass is 16.2. The SMILES string of the molecule is CN1CCN(C(=O)c2ccc(CNC(=O)c3ccc(Cn4ccnc4)cc3)cc2)CC1. The molecule has 31 heavy (non-hydrogen) atoms. The first-order valence-corrected chi connectivity index (χ1v) is 10.5. The van der Waals surface area contributed by atoms with Crippen LogP contribution < -0.4 is 5.32 Å². The van der Waals surface area contributed by atoms with Crippen LogP contribution in [0.4, 0.5) is 0 Å². The summed E-state index contributed by atoms with van der Waals surface area (Å²) in [5.74, 6) is -0.0498. The minimum atomic E-state index is -0.119. The van der Waals surface area contributed by atoms with E-state index in [0.29, 0.717) is 17.7 Å². The van der Waals surface area contributed by atoms with Crippen LogP contribution in [0.3, 0.4) is 0 Å². The lowest BCUT2D eigenvalue weighted by Crippen LogP contribution is -2.47. The molecule has 1 aliphatic heterocycles. The van der Waals surface area contributed by atoms with Gasteiger partial charge in [0.15, 0.2) is 0 Å². The van der Waals surface area contributed by atoms with Crippen LogP contribution in [0.15, 0.2) is 67.3 Å². The smallest absolute Gasteiger partial charge is 0.253 e. The Morgan fingerprint density at radius 1 is 0.903 bits per heavy atom. The molecule has 2 aromatic carbocycles. The number of benzene rings is 2. The Bertz CT molecular complexity index is 1010. The molecule has 3 aromatic rings. The van der Waals surface area contributed by atoms with Gasteiger partial charge < -0.3 is 19.7 Å². The fourth-order valence-corrected chi connectivity index (χ4v) is 3.59. The molecule has 1 N–H and O–H groups in total. The van der Waals surface area contributed by atoms with E-state index in [4.69, 9.17) is 0 Å². The van der Waals surface area contributed by atoms with Crippen molar-refractivity contribution in [1.82, 2.24) is 24.7 Å². The summed E-state index contributed by atoms with van der Waals surface area (Å²) >= 11 is 0. The van der Waals surface area contributed by atoms with Crippen LogP contribution >= 0.6 is 0 Å². The summed E-state index contributed by atoms with van der Waals surface area (Å²) in [6.07, 6.45) is 5.42. The predicted octanol–water partition coefficient (Wildman–Crippen LogP) is 2.25. The predicted molar refractivity (Wildman–Crippen MR) is 119 cm³/mol. The molecule has 0 atom stereocenters. The van der Waals surface area contributed by atoms with E-state index in [9.17, 15) is 9.59 Å². The van der Waals surface area contributed by atoms with E-state index in [1.807, 2.05) is 64.2 Å². The average Bonchev–Trinajstić information content (AvgIpc) is 3.31. The van der Waals surface area contributed by atoms with Crippen LogP contribution in [0.1, 0.15) is 31.8 Å². The first-order chi connectivity index (χ1) is 15.1. The minimum absolute atomic E-state index is 0.0690. The summed E-state index contributed by atoms with van der Waals surface area (Å²) in [7, 11) is 2.07. The first-order valence-electron chi connectivity index (χ1n) is 10.5. The zero-order valence-electron chi connectivity index (χ0n) is 17.7. The quantitative estimate of drug-likeness (QED) is 0.668. The van der Waals surface area contributed by atoms with E-state index < -0.39 is 0 Å². The molecule has 7 heteroatoms. The summed E-state index contributed by atoms with van der Waals surface area (Å²) < 4.78 is 1.98. The molecule has 1 saturated heterocycles. The summed E-state index contributed by atoms with van der Waals surface area (Å²) in [6, 6.07) is 15.1. The van der Waals surface area contributed by atoms with Gasteiger partial charge in [0, 0.05) is 62.8 Å². The van der Waals surface area contributed by atoms with Crippen LogP contribution in [0, 0.1) is 0 Å². The van der Waals surface area contributed by atoms with Crippen LogP contribution in [0.5, 0.6) is 0 Å². The topological polar surface area (TPSA) is 70.5 Å². The lowest BCUT2D eigenvalue weighted by molar-refractivity contribution is 0.0664. The van der Waals surface area contributed by atoms with Gasteiger partial charge in [-0.2, -0.15) is 0 Å². The number of aromatic nitrogens is 2. The number of carbonyl (C=O) groups is 2. The van der Waals surface area contributed by atoms with Gasteiger partial charge in [-0.1, -0.05) is 24.3 Å². The molecule has 0 aliphatic carbocycles. The van der Waals surface area contributed by atoms with Crippen molar-refractivity contribution in [2.75, 3.05) is 33.2 Å². The van der Waals surface area contributed by atoms with E-state index in [1.165, 1.54) is 0 Å². The van der Waals surface area contributed by atoms with Gasteiger partial charge in [0.1, 0.15) is 0 Å². The Morgan fingerprint density at radius 2 is 1.55 bits per heavy atom. The molecule has 4 rings (SSSR count). The summed E-state index contributed by atoms with van der Waals surface area (Å²) in [5, 5.41) is 2.94. The normalized spacial score (nSPS) is 14.4. The molecule has 160 valence electrons. The maximum absolute atomic E-state index is 12.6. The molecular formula is C24H27N5O2. The van der Waals surface area contributed by atoms with E-state index in [-0.39, 0.29) is 11.8 Å². The van der Waals surface area contributed by atoms with Gasteiger partial charge in [-0.05, 0) is 42.4 Å². The lowest BCUT2D eigenvalue weighted by Gasteiger charge is -2.32. The third-order valence-electron chi connectivity index (χ3n) is 5.58. The van der Waals surface area contributed by atoms with E-state index in [0.717, 1.165) is 43.9 Å². The number of piperazine rings is 1. The average molecular weight is 418 g/mol. The largest absolute Gasteiger partial charge is 0.348 e. The maximum Gasteiger partial charge on any atom is 0.253 e. The van der Waals surface area contributed by atoms with E-state index in [1.54, 1.807) is 12.5 Å². The van der Waals surface area contributed by atoms with Gasteiger partial charge in [-0.3, -0.25) is 9.59 Å². The number of imidazole rings is 1. The van der Waals surface area contributed by atoms with Gasteiger partial charge in [-0.15, -0.1) is 0 Å². The highest BCUT2D eigenvalue weighted by Crippen LogP contribution is 2.11. The fourth-order valence-electron chi connectivity index (χ4n) is 3.59. The summed E-state index contributed by atoms with van der Waals surface area (Å²) in [5.41, 5.74) is 3.37. The van der Waals surface area contributed by atoms with E-state index >= 15 is 0 Å². The number of nitrogens with one attached hydrogen (secondary N) is 1.